The van der Waals surface area contributed by atoms with Crippen LogP contribution in [0.25, 0.3) is 22.4 Å². The van der Waals surface area contributed by atoms with Crippen LogP contribution < -0.4 is 0 Å². The molecule has 0 radical (unpaired) electrons. The Balaban J connectivity index is 1.09. The van der Waals surface area contributed by atoms with Crippen LogP contribution in [-0.4, -0.2) is 51.8 Å². The Kier molecular flexibility index (Phi) is 3.81. The molecule has 6 heterocycles. The summed E-state index contributed by atoms with van der Waals surface area (Å²) in [6, 6.07) is 8.36. The summed E-state index contributed by atoms with van der Waals surface area (Å²) in [5.41, 5.74) is 6.82. The third-order valence-electron chi connectivity index (χ3n) is 7.09. The van der Waals surface area contributed by atoms with Crippen LogP contribution in [0.1, 0.15) is 30.5 Å². The minimum Gasteiger partial charge on any atom is -0.306 e. The zero-order chi connectivity index (χ0) is 21.1. The molecule has 0 bridgehead atoms. The van der Waals surface area contributed by atoms with Gasteiger partial charge in [0.1, 0.15) is 11.3 Å². The summed E-state index contributed by atoms with van der Waals surface area (Å²) in [5, 5.41) is 8.72. The fourth-order valence-electron chi connectivity index (χ4n) is 5.36. The highest BCUT2D eigenvalue weighted by atomic mass is 15.4. The van der Waals surface area contributed by atoms with Crippen molar-refractivity contribution in [2.24, 2.45) is 5.41 Å². The number of hydrogen-bond acceptors (Lipinski definition) is 5. The second-order valence-electron chi connectivity index (χ2n) is 9.44. The third kappa shape index (κ3) is 2.94. The second kappa shape index (κ2) is 6.74. The molecule has 0 unspecified atom stereocenters. The smallest absolute Gasteiger partial charge is 0.137 e. The lowest BCUT2D eigenvalue weighted by molar-refractivity contribution is -0.0645. The molecule has 8 heteroatoms. The number of imidazole rings is 2. The lowest BCUT2D eigenvalue weighted by Gasteiger charge is -2.56. The molecule has 5 aromatic heterocycles. The zero-order valence-corrected chi connectivity index (χ0v) is 17.8. The highest BCUT2D eigenvalue weighted by Gasteiger charge is 2.46. The van der Waals surface area contributed by atoms with Gasteiger partial charge in [0.2, 0.25) is 0 Å². The molecule has 1 spiro atoms. The number of rotatable bonds is 5. The molecule has 160 valence electrons. The van der Waals surface area contributed by atoms with Crippen molar-refractivity contribution in [1.29, 1.82) is 0 Å². The van der Waals surface area contributed by atoms with E-state index in [1.165, 1.54) is 37.9 Å². The van der Waals surface area contributed by atoms with E-state index in [4.69, 9.17) is 4.98 Å². The average Bonchev–Trinajstić information content (AvgIpc) is 3.47. The van der Waals surface area contributed by atoms with Crippen LogP contribution in [-0.2, 0) is 13.1 Å². The molecule has 1 saturated heterocycles. The van der Waals surface area contributed by atoms with Crippen molar-refractivity contribution in [3.8, 4) is 11.3 Å². The van der Waals surface area contributed by atoms with Crippen LogP contribution in [0.5, 0.6) is 0 Å². The molecule has 5 aromatic rings. The zero-order valence-electron chi connectivity index (χ0n) is 17.8. The van der Waals surface area contributed by atoms with E-state index < -0.39 is 0 Å². The number of hydrogen-bond donors (Lipinski definition) is 0. The fraction of sp³-hybridized carbons (Fsp3) is 0.333. The first kappa shape index (κ1) is 18.1. The summed E-state index contributed by atoms with van der Waals surface area (Å²) in [5.74, 6) is 0. The first-order valence-electron chi connectivity index (χ1n) is 11.2. The van der Waals surface area contributed by atoms with Crippen molar-refractivity contribution in [1.82, 2.24) is 38.7 Å². The molecule has 0 N–H and O–H groups in total. The van der Waals surface area contributed by atoms with Crippen LogP contribution in [0, 0.1) is 5.41 Å². The maximum atomic E-state index is 4.78. The van der Waals surface area contributed by atoms with Crippen molar-refractivity contribution in [2.75, 3.05) is 13.1 Å². The molecule has 2 aliphatic rings. The van der Waals surface area contributed by atoms with Gasteiger partial charge in [0.05, 0.1) is 36.5 Å². The van der Waals surface area contributed by atoms with Crippen LogP contribution in [0.4, 0.5) is 0 Å². The normalized spacial score (nSPS) is 17.8. The summed E-state index contributed by atoms with van der Waals surface area (Å²) in [6.45, 7) is 4.14. The van der Waals surface area contributed by atoms with Gasteiger partial charge in [-0.2, -0.15) is 0 Å². The number of likely N-dealkylation sites (tertiary alicyclic amines) is 1. The van der Waals surface area contributed by atoms with E-state index in [-0.39, 0.29) is 0 Å². The largest absolute Gasteiger partial charge is 0.306 e. The van der Waals surface area contributed by atoms with Gasteiger partial charge in [-0.3, -0.25) is 4.90 Å². The number of nitrogens with zero attached hydrogens (tertiary/aromatic N) is 8. The molecule has 1 aliphatic carbocycles. The molecule has 7 rings (SSSR count). The Bertz CT molecular complexity index is 1430. The number of pyridine rings is 2. The van der Waals surface area contributed by atoms with E-state index in [1.54, 1.807) is 6.33 Å². The van der Waals surface area contributed by atoms with Gasteiger partial charge in [0.25, 0.3) is 0 Å². The molecule has 32 heavy (non-hydrogen) atoms. The van der Waals surface area contributed by atoms with Gasteiger partial charge in [0, 0.05) is 43.8 Å². The molecule has 0 amide bonds. The Labute approximate surface area is 185 Å². The number of fused-ring (bicyclic) bond motifs is 2. The maximum absolute atomic E-state index is 4.78. The predicted molar refractivity (Wildman–Crippen MR) is 120 cm³/mol. The van der Waals surface area contributed by atoms with Crippen molar-refractivity contribution in [2.45, 2.75) is 32.4 Å². The van der Waals surface area contributed by atoms with Gasteiger partial charge in [-0.25, -0.2) is 14.6 Å². The minimum atomic E-state index is 0.584. The van der Waals surface area contributed by atoms with Gasteiger partial charge in [-0.15, -0.1) is 5.10 Å². The Morgan fingerprint density at radius 1 is 0.969 bits per heavy atom. The van der Waals surface area contributed by atoms with Crippen LogP contribution >= 0.6 is 0 Å². The van der Waals surface area contributed by atoms with Gasteiger partial charge in [0.15, 0.2) is 0 Å². The van der Waals surface area contributed by atoms with E-state index >= 15 is 0 Å². The molecule has 0 atom stereocenters. The van der Waals surface area contributed by atoms with Crippen molar-refractivity contribution >= 4 is 11.2 Å². The Morgan fingerprint density at radius 3 is 2.78 bits per heavy atom. The van der Waals surface area contributed by atoms with Crippen molar-refractivity contribution in [3.63, 3.8) is 0 Å². The fourth-order valence-corrected chi connectivity index (χ4v) is 5.36. The molecule has 2 fully saturated rings. The van der Waals surface area contributed by atoms with E-state index in [0.29, 0.717) is 12.0 Å². The van der Waals surface area contributed by atoms with E-state index in [2.05, 4.69) is 49.1 Å². The van der Waals surface area contributed by atoms with E-state index in [0.717, 1.165) is 34.7 Å². The molecular formula is C24H24N8. The standard InChI is InChI=1S/C24H24N8/c1-3-20(22-9-25-17-30(22)8-1)21-14-32(28-27-21)13-19-12-31-11-18(4-5-23(31)26-19)10-29-15-24(16-29)6-2-7-24/h1,3-5,8-9,11-12,14,17H,2,6-7,10,13,15-16H2. The average molecular weight is 425 g/mol. The first-order valence-corrected chi connectivity index (χ1v) is 11.2. The summed E-state index contributed by atoms with van der Waals surface area (Å²) in [7, 11) is 0. The Morgan fingerprint density at radius 2 is 1.91 bits per heavy atom. The minimum absolute atomic E-state index is 0.584. The lowest BCUT2D eigenvalue weighted by atomic mass is 9.63. The van der Waals surface area contributed by atoms with E-state index in [9.17, 15) is 0 Å². The van der Waals surface area contributed by atoms with Crippen molar-refractivity contribution < 1.29 is 0 Å². The lowest BCUT2D eigenvalue weighted by Crippen LogP contribution is -2.58. The monoisotopic (exact) mass is 424 g/mol. The summed E-state index contributed by atoms with van der Waals surface area (Å²) in [4.78, 5) is 11.6. The maximum Gasteiger partial charge on any atom is 0.137 e. The Hall–Kier alpha value is -3.52. The summed E-state index contributed by atoms with van der Waals surface area (Å²) < 4.78 is 5.96. The predicted octanol–water partition coefficient (Wildman–Crippen LogP) is 3.27. The molecule has 1 saturated carbocycles. The molecule has 8 nitrogen and oxygen atoms in total. The molecular weight excluding hydrogens is 400 g/mol. The van der Waals surface area contributed by atoms with E-state index in [1.807, 2.05) is 39.8 Å². The van der Waals surface area contributed by atoms with Crippen LogP contribution in [0.3, 0.4) is 0 Å². The quantitative estimate of drug-likeness (QED) is 0.433. The van der Waals surface area contributed by atoms with Gasteiger partial charge in [-0.05, 0) is 42.0 Å². The van der Waals surface area contributed by atoms with Gasteiger partial charge in [-0.1, -0.05) is 17.7 Å². The SMILES string of the molecule is c1cc(-c2cn(Cc3cn4cc(CN5CC6(CCC6)C5)ccc4n3)nn2)c2cncn2c1. The topological polar surface area (TPSA) is 68.5 Å². The summed E-state index contributed by atoms with van der Waals surface area (Å²) >= 11 is 0. The van der Waals surface area contributed by atoms with Crippen LogP contribution in [0.2, 0.25) is 0 Å². The highest BCUT2D eigenvalue weighted by molar-refractivity contribution is 5.76. The first-order chi connectivity index (χ1) is 15.7. The van der Waals surface area contributed by atoms with Crippen molar-refractivity contribution in [3.05, 3.63) is 72.8 Å². The highest BCUT2D eigenvalue weighted by Crippen LogP contribution is 2.48. The second-order valence-corrected chi connectivity index (χ2v) is 9.44. The van der Waals surface area contributed by atoms with Crippen LogP contribution in [0.15, 0.2) is 61.6 Å². The molecule has 0 aromatic carbocycles. The summed E-state index contributed by atoms with van der Waals surface area (Å²) in [6.07, 6.45) is 16.2. The molecule has 1 aliphatic heterocycles. The van der Waals surface area contributed by atoms with Gasteiger partial charge < -0.3 is 8.80 Å². The van der Waals surface area contributed by atoms with Gasteiger partial charge >= 0.3 is 0 Å². The third-order valence-corrected chi connectivity index (χ3v) is 7.09. The number of aromatic nitrogens is 7.